The van der Waals surface area contributed by atoms with E-state index in [4.69, 9.17) is 0 Å². The van der Waals surface area contributed by atoms with Gasteiger partial charge in [-0.15, -0.1) is 0 Å². The van der Waals surface area contributed by atoms with E-state index < -0.39 is 18.5 Å². The highest BCUT2D eigenvalue weighted by Crippen LogP contribution is 2.23. The molecule has 3 aromatic rings. The van der Waals surface area contributed by atoms with Gasteiger partial charge in [-0.2, -0.15) is 8.78 Å². The largest absolute Gasteiger partial charge is 0.435 e. The Bertz CT molecular complexity index is 1170. The summed E-state index contributed by atoms with van der Waals surface area (Å²) < 4.78 is 30.5. The Balaban J connectivity index is 1.90. The molecule has 32 heavy (non-hydrogen) atoms. The number of thioether (sulfide) groups is 1. The highest BCUT2D eigenvalue weighted by molar-refractivity contribution is 7.99. The quantitative estimate of drug-likeness (QED) is 0.393. The Morgan fingerprint density at radius 3 is 2.56 bits per heavy atom. The molecule has 11 heteroatoms. The molecule has 3 amide bonds. The van der Waals surface area contributed by atoms with Gasteiger partial charge in [0, 0.05) is 6.54 Å². The highest BCUT2D eigenvalue weighted by Gasteiger charge is 2.16. The number of carbonyl (C=O) groups is 2. The number of nitrogens with one attached hydrogen (secondary N) is 2. The van der Waals surface area contributed by atoms with E-state index in [-0.39, 0.29) is 22.2 Å². The Labute approximate surface area is 186 Å². The fourth-order valence-corrected chi connectivity index (χ4v) is 3.60. The van der Waals surface area contributed by atoms with Crippen LogP contribution in [0.5, 0.6) is 5.75 Å². The number of benzene rings is 2. The van der Waals surface area contributed by atoms with Crippen molar-refractivity contribution in [2.75, 3.05) is 12.3 Å². The fourth-order valence-electron chi connectivity index (χ4n) is 2.79. The first-order chi connectivity index (χ1) is 15.4. The zero-order valence-corrected chi connectivity index (χ0v) is 17.8. The van der Waals surface area contributed by atoms with Crippen molar-refractivity contribution < 1.29 is 23.1 Å². The van der Waals surface area contributed by atoms with Crippen molar-refractivity contribution in [3.05, 3.63) is 58.9 Å². The fraction of sp³-hybridized carbons (Fsp3) is 0.238. The van der Waals surface area contributed by atoms with Crippen molar-refractivity contribution in [1.82, 2.24) is 20.2 Å². The second-order valence-corrected chi connectivity index (χ2v) is 7.46. The van der Waals surface area contributed by atoms with Crippen LogP contribution in [-0.4, -0.2) is 40.4 Å². The number of fused-ring (bicyclic) bond motifs is 1. The van der Waals surface area contributed by atoms with E-state index in [9.17, 15) is 23.2 Å². The van der Waals surface area contributed by atoms with Crippen molar-refractivity contribution >= 4 is 34.6 Å². The molecule has 1 aromatic heterocycles. The summed E-state index contributed by atoms with van der Waals surface area (Å²) in [4.78, 5) is 41.4. The minimum Gasteiger partial charge on any atom is -0.435 e. The van der Waals surface area contributed by atoms with Gasteiger partial charge in [-0.05, 0) is 42.8 Å². The summed E-state index contributed by atoms with van der Waals surface area (Å²) in [5, 5.41) is 5.31. The first-order valence-corrected chi connectivity index (χ1v) is 10.6. The second kappa shape index (κ2) is 10.7. The molecular formula is C21H20F2N4O4S. The topological polar surface area (TPSA) is 102 Å². The average molecular weight is 462 g/mol. The number of ether oxygens (including phenoxy) is 1. The van der Waals surface area contributed by atoms with Gasteiger partial charge in [0.1, 0.15) is 5.75 Å². The number of imide groups is 1. The summed E-state index contributed by atoms with van der Waals surface area (Å²) in [6.45, 7) is -0.650. The van der Waals surface area contributed by atoms with Gasteiger partial charge in [0.2, 0.25) is 5.91 Å². The van der Waals surface area contributed by atoms with Crippen LogP contribution in [-0.2, 0) is 4.79 Å². The Kier molecular flexibility index (Phi) is 7.77. The minimum absolute atomic E-state index is 0.0581. The van der Waals surface area contributed by atoms with Crippen molar-refractivity contribution in [1.29, 1.82) is 0 Å². The average Bonchev–Trinajstić information content (AvgIpc) is 2.77. The van der Waals surface area contributed by atoms with E-state index >= 15 is 0 Å². The van der Waals surface area contributed by atoms with Gasteiger partial charge in [0.05, 0.1) is 22.3 Å². The van der Waals surface area contributed by atoms with Gasteiger partial charge in [-0.1, -0.05) is 30.8 Å². The molecule has 0 bridgehead atoms. The lowest BCUT2D eigenvalue weighted by Crippen LogP contribution is -2.40. The lowest BCUT2D eigenvalue weighted by molar-refractivity contribution is -0.117. The molecule has 0 saturated heterocycles. The van der Waals surface area contributed by atoms with Crippen LogP contribution in [0.4, 0.5) is 13.6 Å². The Morgan fingerprint density at radius 2 is 1.88 bits per heavy atom. The van der Waals surface area contributed by atoms with Crippen molar-refractivity contribution in [3.63, 3.8) is 0 Å². The number of halogens is 2. The predicted molar refractivity (Wildman–Crippen MR) is 117 cm³/mol. The number of para-hydroxylation sites is 1. The maximum Gasteiger partial charge on any atom is 0.387 e. The molecule has 0 unspecified atom stereocenters. The number of amides is 3. The molecule has 0 radical (unpaired) electrons. The molecule has 3 rings (SSSR count). The molecule has 0 atom stereocenters. The third-order valence-electron chi connectivity index (χ3n) is 4.19. The molecule has 0 aliphatic rings. The molecule has 2 aromatic carbocycles. The third kappa shape index (κ3) is 5.82. The lowest BCUT2D eigenvalue weighted by atomic mass is 10.2. The molecule has 0 aliphatic heterocycles. The van der Waals surface area contributed by atoms with Crippen molar-refractivity contribution in [2.24, 2.45) is 0 Å². The maximum atomic E-state index is 13.1. The molecule has 0 aliphatic carbocycles. The first-order valence-electron chi connectivity index (χ1n) is 9.66. The van der Waals surface area contributed by atoms with Crippen LogP contribution in [0.15, 0.2) is 58.5 Å². The van der Waals surface area contributed by atoms with Crippen molar-refractivity contribution in [2.45, 2.75) is 25.1 Å². The molecular weight excluding hydrogens is 442 g/mol. The number of nitrogens with zero attached hydrogens (tertiary/aromatic N) is 2. The van der Waals surface area contributed by atoms with Gasteiger partial charge in [0.25, 0.3) is 5.56 Å². The van der Waals surface area contributed by atoms with Gasteiger partial charge >= 0.3 is 12.6 Å². The summed E-state index contributed by atoms with van der Waals surface area (Å²) in [6, 6.07) is 11.6. The standard InChI is InChI=1S/C21H20F2N4O4S/c1-2-11-24-20(30)26-17(28)12-32-21-25-16-6-4-3-5-15(16)18(29)27(21)13-7-9-14(10-8-13)31-19(22)23/h3-10,19H,2,11-12H2,1H3,(H2,24,26,28,30). The zero-order chi connectivity index (χ0) is 23.1. The SMILES string of the molecule is CCCNC(=O)NC(=O)CSc1nc2ccccc2c(=O)n1-c1ccc(OC(F)F)cc1. The summed E-state index contributed by atoms with van der Waals surface area (Å²) in [7, 11) is 0. The van der Waals surface area contributed by atoms with Crippen LogP contribution >= 0.6 is 11.8 Å². The predicted octanol–water partition coefficient (Wildman–Crippen LogP) is 3.32. The minimum atomic E-state index is -2.97. The van der Waals surface area contributed by atoms with Gasteiger partial charge < -0.3 is 10.1 Å². The zero-order valence-electron chi connectivity index (χ0n) is 17.0. The second-order valence-electron chi connectivity index (χ2n) is 6.52. The van der Waals surface area contributed by atoms with Crippen LogP contribution in [0.25, 0.3) is 16.6 Å². The van der Waals surface area contributed by atoms with E-state index in [1.807, 2.05) is 6.92 Å². The molecule has 0 saturated carbocycles. The number of aromatic nitrogens is 2. The number of hydrogen-bond acceptors (Lipinski definition) is 6. The van der Waals surface area contributed by atoms with E-state index in [0.717, 1.165) is 18.2 Å². The number of hydrogen-bond donors (Lipinski definition) is 2. The van der Waals surface area contributed by atoms with E-state index in [0.29, 0.717) is 23.1 Å². The van der Waals surface area contributed by atoms with Gasteiger partial charge in [-0.25, -0.2) is 9.78 Å². The normalized spacial score (nSPS) is 10.9. The number of urea groups is 1. The van der Waals surface area contributed by atoms with E-state index in [1.54, 1.807) is 24.3 Å². The summed E-state index contributed by atoms with van der Waals surface area (Å²) in [5.74, 6) is -0.785. The van der Waals surface area contributed by atoms with E-state index in [1.165, 1.54) is 28.8 Å². The first kappa shape index (κ1) is 23.2. The monoisotopic (exact) mass is 462 g/mol. The smallest absolute Gasteiger partial charge is 0.387 e. The molecule has 8 nitrogen and oxygen atoms in total. The molecule has 168 valence electrons. The van der Waals surface area contributed by atoms with E-state index in [2.05, 4.69) is 20.4 Å². The van der Waals surface area contributed by atoms with Crippen LogP contribution in [0.1, 0.15) is 13.3 Å². The number of carbonyl (C=O) groups excluding carboxylic acids is 2. The molecule has 2 N–H and O–H groups in total. The van der Waals surface area contributed by atoms with Crippen LogP contribution in [0, 0.1) is 0 Å². The molecule has 0 spiro atoms. The third-order valence-corrected chi connectivity index (χ3v) is 5.12. The summed E-state index contributed by atoms with van der Waals surface area (Å²) >= 11 is 0.968. The Hall–Kier alpha value is -3.47. The molecule has 0 fully saturated rings. The van der Waals surface area contributed by atoms with Gasteiger partial charge in [-0.3, -0.25) is 19.5 Å². The van der Waals surface area contributed by atoms with Crippen LogP contribution in [0.3, 0.4) is 0 Å². The lowest BCUT2D eigenvalue weighted by Gasteiger charge is -2.14. The van der Waals surface area contributed by atoms with Gasteiger partial charge in [0.15, 0.2) is 5.16 Å². The summed E-state index contributed by atoms with van der Waals surface area (Å²) in [6.07, 6.45) is 0.727. The maximum absolute atomic E-state index is 13.1. The van der Waals surface area contributed by atoms with Crippen LogP contribution in [0.2, 0.25) is 0 Å². The Morgan fingerprint density at radius 1 is 1.16 bits per heavy atom. The van der Waals surface area contributed by atoms with Crippen molar-refractivity contribution in [3.8, 4) is 11.4 Å². The molecule has 1 heterocycles. The summed E-state index contributed by atoms with van der Waals surface area (Å²) in [5.41, 5.74) is 0.412. The highest BCUT2D eigenvalue weighted by atomic mass is 32.2. The van der Waals surface area contributed by atoms with Crippen LogP contribution < -0.4 is 20.9 Å². The number of alkyl halides is 2. The number of rotatable bonds is 8.